The molecule has 1 aromatic rings. The van der Waals surface area contributed by atoms with E-state index in [2.05, 4.69) is 0 Å². The van der Waals surface area contributed by atoms with Gasteiger partial charge >= 0.3 is 0 Å². The molecule has 0 spiro atoms. The molecule has 0 heterocycles. The zero-order valence-electron chi connectivity index (χ0n) is 4.86. The van der Waals surface area contributed by atoms with E-state index >= 15 is 0 Å². The van der Waals surface area contributed by atoms with Gasteiger partial charge < -0.3 is 0 Å². The molecule has 0 aromatic heterocycles. The van der Waals surface area contributed by atoms with E-state index in [9.17, 15) is 0 Å². The van der Waals surface area contributed by atoms with Crippen LogP contribution in [0.15, 0.2) is 36.4 Å². The highest BCUT2D eigenvalue weighted by Gasteiger charge is 1.57. The van der Waals surface area contributed by atoms with Crippen LogP contribution in [0.25, 0.3) is 0 Å². The van der Waals surface area contributed by atoms with Crippen molar-refractivity contribution in [2.75, 3.05) is 0 Å². The maximum Gasteiger partial charge on any atom is 0 e. The normalized spacial score (nSPS) is 5.33. The summed E-state index contributed by atoms with van der Waals surface area (Å²) in [6.07, 6.45) is 0. The SMILES string of the molecule is Cl.Cl.[B].c1ccccc1. The third-order valence-electron chi connectivity index (χ3n) is 0.667. The molecule has 0 nitrogen and oxygen atoms in total. The van der Waals surface area contributed by atoms with E-state index in [4.69, 9.17) is 0 Å². The third-order valence-corrected chi connectivity index (χ3v) is 0.667. The summed E-state index contributed by atoms with van der Waals surface area (Å²) < 4.78 is 0. The Balaban J connectivity index is -0.000000120. The molecule has 1 aromatic carbocycles. The average Bonchev–Trinajstić information content (AvgIpc) is 1.72. The van der Waals surface area contributed by atoms with Crippen LogP contribution >= 0.6 is 24.8 Å². The Kier molecular flexibility index (Phi) is 19.1. The van der Waals surface area contributed by atoms with Crippen LogP contribution in [0, 0.1) is 0 Å². The highest BCUT2D eigenvalue weighted by molar-refractivity contribution is 5.85. The number of benzene rings is 1. The van der Waals surface area contributed by atoms with Crippen LogP contribution in [-0.2, 0) is 0 Å². The molecule has 0 amide bonds. The molecule has 0 unspecified atom stereocenters. The molecule has 0 N–H and O–H groups in total. The Morgan fingerprint density at radius 3 is 0.667 bits per heavy atom. The minimum atomic E-state index is 0. The maximum atomic E-state index is 2.00. The van der Waals surface area contributed by atoms with Crippen LogP contribution in [-0.4, -0.2) is 8.41 Å². The van der Waals surface area contributed by atoms with Crippen molar-refractivity contribution in [1.82, 2.24) is 0 Å². The van der Waals surface area contributed by atoms with Crippen molar-refractivity contribution in [1.29, 1.82) is 0 Å². The number of hydrogen-bond donors (Lipinski definition) is 0. The third kappa shape index (κ3) is 7.86. The predicted octanol–water partition coefficient (Wildman–Crippen LogP) is 2.15. The van der Waals surface area contributed by atoms with E-state index in [1.54, 1.807) is 0 Å². The Bertz CT molecular complexity index is 83.0. The van der Waals surface area contributed by atoms with Crippen LogP contribution < -0.4 is 0 Å². The molecule has 0 fully saturated rings. The average molecular weight is 162 g/mol. The minimum Gasteiger partial charge on any atom is -0.147 e. The summed E-state index contributed by atoms with van der Waals surface area (Å²) in [5.74, 6) is 0. The molecule has 0 saturated heterocycles. The quantitative estimate of drug-likeness (QED) is 0.512. The van der Waals surface area contributed by atoms with Crippen molar-refractivity contribution < 1.29 is 0 Å². The molecule has 49 valence electrons. The largest absolute Gasteiger partial charge is 0.147 e. The highest BCUT2D eigenvalue weighted by Crippen LogP contribution is 1.79. The molecule has 0 bridgehead atoms. The maximum absolute atomic E-state index is 2.00. The minimum absolute atomic E-state index is 0. The molecule has 0 saturated carbocycles. The van der Waals surface area contributed by atoms with Crippen molar-refractivity contribution in [2.24, 2.45) is 0 Å². The van der Waals surface area contributed by atoms with Gasteiger partial charge in [0.05, 0.1) is 0 Å². The second-order valence-electron chi connectivity index (χ2n) is 1.15. The van der Waals surface area contributed by atoms with E-state index in [1.165, 1.54) is 0 Å². The summed E-state index contributed by atoms with van der Waals surface area (Å²) >= 11 is 0. The molecular weight excluding hydrogens is 154 g/mol. The zero-order chi connectivity index (χ0) is 4.24. The Morgan fingerprint density at radius 1 is 0.444 bits per heavy atom. The Morgan fingerprint density at radius 2 is 0.556 bits per heavy atom. The number of rotatable bonds is 0. The monoisotopic (exact) mass is 161 g/mol. The smallest absolute Gasteiger partial charge is 0 e. The van der Waals surface area contributed by atoms with Crippen LogP contribution in [0.5, 0.6) is 0 Å². The fourth-order valence-electron chi connectivity index (χ4n) is 0.385. The van der Waals surface area contributed by atoms with Crippen molar-refractivity contribution in [3.63, 3.8) is 0 Å². The van der Waals surface area contributed by atoms with Gasteiger partial charge in [0.25, 0.3) is 0 Å². The first-order valence-electron chi connectivity index (χ1n) is 2.00. The first-order chi connectivity index (χ1) is 3.00. The van der Waals surface area contributed by atoms with Gasteiger partial charge in [-0.25, -0.2) is 0 Å². The van der Waals surface area contributed by atoms with Gasteiger partial charge in [0.1, 0.15) is 0 Å². The fourth-order valence-corrected chi connectivity index (χ4v) is 0.385. The standard InChI is InChI=1S/C6H6.B.2ClH/c1-2-4-6-5-3-1;;;/h1-6H;;2*1H. The second-order valence-corrected chi connectivity index (χ2v) is 1.15. The molecule has 9 heavy (non-hydrogen) atoms. The van der Waals surface area contributed by atoms with E-state index in [-0.39, 0.29) is 33.2 Å². The second kappa shape index (κ2) is 10.8. The molecule has 3 heteroatoms. The lowest BCUT2D eigenvalue weighted by Crippen LogP contribution is -1.47. The van der Waals surface area contributed by atoms with E-state index in [0.717, 1.165) is 0 Å². The van der Waals surface area contributed by atoms with E-state index in [1.807, 2.05) is 36.4 Å². The molecular formula is C6H8BCl2. The van der Waals surface area contributed by atoms with Crippen LogP contribution in [0.2, 0.25) is 0 Å². The summed E-state index contributed by atoms with van der Waals surface area (Å²) in [6.45, 7) is 0. The van der Waals surface area contributed by atoms with Gasteiger partial charge in [-0.2, -0.15) is 0 Å². The molecule has 0 aliphatic carbocycles. The van der Waals surface area contributed by atoms with E-state index < -0.39 is 0 Å². The van der Waals surface area contributed by atoms with Crippen molar-refractivity contribution in [3.8, 4) is 0 Å². The Hall–Kier alpha value is -0.135. The first-order valence-corrected chi connectivity index (χ1v) is 2.00. The summed E-state index contributed by atoms with van der Waals surface area (Å²) in [7, 11) is 0. The highest BCUT2D eigenvalue weighted by atomic mass is 35.5. The van der Waals surface area contributed by atoms with E-state index in [0.29, 0.717) is 0 Å². The molecule has 0 atom stereocenters. The number of halogens is 2. The molecule has 3 radical (unpaired) electrons. The lowest BCUT2D eigenvalue weighted by molar-refractivity contribution is 1.72. The van der Waals surface area contributed by atoms with Crippen LogP contribution in [0.1, 0.15) is 0 Å². The lowest BCUT2D eigenvalue weighted by Gasteiger charge is -1.69. The summed E-state index contributed by atoms with van der Waals surface area (Å²) in [5.41, 5.74) is 0. The molecule has 0 aliphatic heterocycles. The lowest BCUT2D eigenvalue weighted by atomic mass is 10.4. The summed E-state index contributed by atoms with van der Waals surface area (Å²) in [4.78, 5) is 0. The van der Waals surface area contributed by atoms with Crippen molar-refractivity contribution in [2.45, 2.75) is 0 Å². The van der Waals surface area contributed by atoms with Gasteiger partial charge in [0.15, 0.2) is 0 Å². The van der Waals surface area contributed by atoms with Gasteiger partial charge in [-0.1, -0.05) is 36.4 Å². The van der Waals surface area contributed by atoms with Crippen LogP contribution in [0.4, 0.5) is 0 Å². The summed E-state index contributed by atoms with van der Waals surface area (Å²) in [5, 5.41) is 0. The van der Waals surface area contributed by atoms with Gasteiger partial charge in [-0.3, -0.25) is 0 Å². The molecule has 0 aliphatic rings. The predicted molar refractivity (Wildman–Crippen MR) is 46.7 cm³/mol. The fraction of sp³-hybridized carbons (Fsp3) is 0. The van der Waals surface area contributed by atoms with Gasteiger partial charge in [0.2, 0.25) is 0 Å². The van der Waals surface area contributed by atoms with Crippen LogP contribution in [0.3, 0.4) is 0 Å². The number of hydrogen-bond acceptors (Lipinski definition) is 0. The van der Waals surface area contributed by atoms with Gasteiger partial charge in [-0.15, -0.1) is 24.8 Å². The molecule has 1 rings (SSSR count). The van der Waals surface area contributed by atoms with Crippen molar-refractivity contribution >= 4 is 33.2 Å². The van der Waals surface area contributed by atoms with Gasteiger partial charge in [-0.05, 0) is 0 Å². The van der Waals surface area contributed by atoms with Gasteiger partial charge in [0, 0.05) is 8.41 Å². The zero-order valence-corrected chi connectivity index (χ0v) is 6.49. The first kappa shape index (κ1) is 15.9. The summed E-state index contributed by atoms with van der Waals surface area (Å²) in [6, 6.07) is 12.0. The van der Waals surface area contributed by atoms with Crippen molar-refractivity contribution in [3.05, 3.63) is 36.4 Å². The topological polar surface area (TPSA) is 0 Å². The Labute approximate surface area is 70.1 Å².